The Kier molecular flexibility index (Phi) is 7.75. The summed E-state index contributed by atoms with van der Waals surface area (Å²) in [5.74, 6) is 0.281. The van der Waals surface area contributed by atoms with Gasteiger partial charge >= 0.3 is 0 Å². The van der Waals surface area contributed by atoms with Gasteiger partial charge in [-0.15, -0.1) is 0 Å². The van der Waals surface area contributed by atoms with Crippen molar-refractivity contribution in [2.24, 2.45) is 4.99 Å². The maximum absolute atomic E-state index is 13.4. The predicted octanol–water partition coefficient (Wildman–Crippen LogP) is 4.52. The molecular weight excluding hydrogens is 482 g/mol. The molecule has 2 aromatic rings. The van der Waals surface area contributed by atoms with Crippen molar-refractivity contribution in [1.82, 2.24) is 4.90 Å². The van der Waals surface area contributed by atoms with Gasteiger partial charge in [-0.25, -0.2) is 4.99 Å². The summed E-state index contributed by atoms with van der Waals surface area (Å²) in [5, 5.41) is 4.37. The predicted molar refractivity (Wildman–Crippen MR) is 134 cm³/mol. The number of aliphatic imine (C=N–C) groups is 1. The third-order valence-electron chi connectivity index (χ3n) is 5.29. The highest BCUT2D eigenvalue weighted by molar-refractivity contribution is 8.15. The van der Waals surface area contributed by atoms with Crippen molar-refractivity contribution in [2.45, 2.75) is 18.6 Å². The summed E-state index contributed by atoms with van der Waals surface area (Å²) in [7, 11) is 1.54. The number of morpholine rings is 1. The highest BCUT2D eigenvalue weighted by atomic mass is 35.5. The van der Waals surface area contributed by atoms with E-state index in [9.17, 15) is 9.59 Å². The van der Waals surface area contributed by atoms with Crippen LogP contribution in [0.25, 0.3) is 6.08 Å². The minimum absolute atomic E-state index is 0.0314. The fourth-order valence-electron chi connectivity index (χ4n) is 3.54. The lowest BCUT2D eigenvalue weighted by atomic mass is 10.2. The van der Waals surface area contributed by atoms with Gasteiger partial charge in [-0.05, 0) is 53.1 Å². The van der Waals surface area contributed by atoms with Crippen LogP contribution in [0.15, 0.2) is 45.7 Å². The first kappa shape index (κ1) is 23.8. The molecule has 0 bridgehead atoms. The summed E-state index contributed by atoms with van der Waals surface area (Å²) in [4.78, 5) is 34.5. The van der Waals surface area contributed by atoms with Crippen molar-refractivity contribution in [3.05, 3.63) is 51.3 Å². The number of nitrogens with zero attached hydrogens (tertiary/aromatic N) is 3. The molecule has 0 saturated carbocycles. The van der Waals surface area contributed by atoms with E-state index in [0.29, 0.717) is 60.0 Å². The Labute approximate surface area is 206 Å². The molecule has 174 valence electrons. The molecule has 7 nitrogen and oxygen atoms in total. The first-order chi connectivity index (χ1) is 16.0. The Morgan fingerprint density at radius 1 is 1.36 bits per heavy atom. The zero-order chi connectivity index (χ0) is 23.4. The van der Waals surface area contributed by atoms with Gasteiger partial charge < -0.3 is 14.4 Å². The summed E-state index contributed by atoms with van der Waals surface area (Å²) in [6.45, 7) is 4.18. The van der Waals surface area contributed by atoms with E-state index in [4.69, 9.17) is 21.1 Å². The molecule has 1 unspecified atom stereocenters. The molecule has 2 amide bonds. The number of halogens is 1. The standard InChI is InChI=1S/C23H24ClN3O4S2/c1-3-20(22(29)26-7-9-31-10-8-26)33-23-25-18(12-15-6-11-32-14-15)21(28)27(23)16-4-5-19(30-2)17(24)13-16/h4-6,11-14,20H,3,7-10H2,1-2H3/b18-12-. The molecular formula is C23H24ClN3O4S2. The maximum atomic E-state index is 13.4. The quantitative estimate of drug-likeness (QED) is 0.539. The highest BCUT2D eigenvalue weighted by Gasteiger charge is 2.36. The van der Waals surface area contributed by atoms with Crippen LogP contribution in [0.5, 0.6) is 5.75 Å². The van der Waals surface area contributed by atoms with Gasteiger partial charge in [0.2, 0.25) is 5.91 Å². The molecule has 3 heterocycles. The number of amides is 2. The average Bonchev–Trinajstić information content (AvgIpc) is 3.45. The van der Waals surface area contributed by atoms with E-state index in [0.717, 1.165) is 5.56 Å². The van der Waals surface area contributed by atoms with Crippen LogP contribution in [-0.4, -0.2) is 60.5 Å². The maximum Gasteiger partial charge on any atom is 0.283 e. The van der Waals surface area contributed by atoms with Crippen molar-refractivity contribution in [3.63, 3.8) is 0 Å². The molecule has 0 aliphatic carbocycles. The monoisotopic (exact) mass is 505 g/mol. The van der Waals surface area contributed by atoms with E-state index in [-0.39, 0.29) is 17.1 Å². The minimum atomic E-state index is -0.369. The summed E-state index contributed by atoms with van der Waals surface area (Å²) in [6.07, 6.45) is 2.37. The minimum Gasteiger partial charge on any atom is -0.495 e. The molecule has 1 fully saturated rings. The lowest BCUT2D eigenvalue weighted by molar-refractivity contribution is -0.134. The molecule has 2 aliphatic heterocycles. The molecule has 1 saturated heterocycles. The summed E-state index contributed by atoms with van der Waals surface area (Å²) in [6, 6.07) is 7.07. The van der Waals surface area contributed by atoms with E-state index in [1.807, 2.05) is 28.7 Å². The van der Waals surface area contributed by atoms with Crippen molar-refractivity contribution >= 4 is 63.4 Å². The van der Waals surface area contributed by atoms with Gasteiger partial charge in [-0.1, -0.05) is 30.3 Å². The third kappa shape index (κ3) is 5.27. The van der Waals surface area contributed by atoms with Crippen LogP contribution >= 0.6 is 34.7 Å². The number of anilines is 1. The number of rotatable bonds is 6. The van der Waals surface area contributed by atoms with Crippen LogP contribution in [0.3, 0.4) is 0 Å². The van der Waals surface area contributed by atoms with E-state index >= 15 is 0 Å². The Bertz CT molecular complexity index is 1080. The van der Waals surface area contributed by atoms with E-state index < -0.39 is 0 Å². The number of methoxy groups -OCH3 is 1. The molecule has 1 atom stereocenters. The lowest BCUT2D eigenvalue weighted by Crippen LogP contribution is -2.45. The number of thiophene rings is 1. The molecule has 10 heteroatoms. The Hall–Kier alpha value is -2.33. The van der Waals surface area contributed by atoms with E-state index in [1.54, 1.807) is 35.6 Å². The van der Waals surface area contributed by atoms with Gasteiger partial charge in [0.15, 0.2) is 5.17 Å². The molecule has 2 aliphatic rings. The van der Waals surface area contributed by atoms with Gasteiger partial charge in [0.05, 0.1) is 36.3 Å². The first-order valence-corrected chi connectivity index (χ1v) is 12.8. The van der Waals surface area contributed by atoms with Gasteiger partial charge in [0.25, 0.3) is 5.91 Å². The Morgan fingerprint density at radius 3 is 2.79 bits per heavy atom. The fourth-order valence-corrected chi connectivity index (χ4v) is 5.52. The fraction of sp³-hybridized carbons (Fsp3) is 0.348. The van der Waals surface area contributed by atoms with E-state index in [2.05, 4.69) is 4.99 Å². The van der Waals surface area contributed by atoms with Crippen LogP contribution in [-0.2, 0) is 14.3 Å². The van der Waals surface area contributed by atoms with Crippen molar-refractivity contribution < 1.29 is 19.1 Å². The Balaban J connectivity index is 1.66. The first-order valence-electron chi connectivity index (χ1n) is 10.6. The van der Waals surface area contributed by atoms with Gasteiger partial charge in [0.1, 0.15) is 11.4 Å². The SMILES string of the molecule is CCC(SC1=N/C(=C\c2ccsc2)C(=O)N1c1ccc(OC)c(Cl)c1)C(=O)N1CCOCC1. The highest BCUT2D eigenvalue weighted by Crippen LogP contribution is 2.36. The van der Waals surface area contributed by atoms with Crippen LogP contribution in [0.4, 0.5) is 5.69 Å². The van der Waals surface area contributed by atoms with Crippen LogP contribution < -0.4 is 9.64 Å². The molecule has 0 spiro atoms. The van der Waals surface area contributed by atoms with Crippen LogP contribution in [0.1, 0.15) is 18.9 Å². The van der Waals surface area contributed by atoms with Crippen LogP contribution in [0.2, 0.25) is 5.02 Å². The molecule has 4 rings (SSSR count). The van der Waals surface area contributed by atoms with Gasteiger partial charge in [0, 0.05) is 13.1 Å². The molecule has 0 radical (unpaired) electrons. The van der Waals surface area contributed by atoms with Crippen molar-refractivity contribution in [2.75, 3.05) is 38.3 Å². The average molecular weight is 506 g/mol. The number of carbonyl (C=O) groups is 2. The van der Waals surface area contributed by atoms with Crippen molar-refractivity contribution in [3.8, 4) is 5.75 Å². The zero-order valence-electron chi connectivity index (χ0n) is 18.3. The third-order valence-corrected chi connectivity index (χ3v) is 7.59. The number of hydrogen-bond donors (Lipinski definition) is 0. The lowest BCUT2D eigenvalue weighted by Gasteiger charge is -2.30. The van der Waals surface area contributed by atoms with Gasteiger partial charge in [-0.2, -0.15) is 11.3 Å². The number of benzene rings is 1. The summed E-state index contributed by atoms with van der Waals surface area (Å²) < 4.78 is 10.6. The van der Waals surface area contributed by atoms with E-state index in [1.165, 1.54) is 23.8 Å². The molecule has 33 heavy (non-hydrogen) atoms. The second kappa shape index (κ2) is 10.7. The number of amidine groups is 1. The number of carbonyl (C=O) groups excluding carboxylic acids is 2. The second-order valence-corrected chi connectivity index (χ2v) is 9.75. The zero-order valence-corrected chi connectivity index (χ0v) is 20.7. The van der Waals surface area contributed by atoms with Crippen LogP contribution in [0, 0.1) is 0 Å². The second-order valence-electron chi connectivity index (χ2n) is 7.39. The summed E-state index contributed by atoms with van der Waals surface area (Å²) >= 11 is 9.20. The van der Waals surface area contributed by atoms with Gasteiger partial charge in [-0.3, -0.25) is 14.5 Å². The Morgan fingerprint density at radius 2 is 2.15 bits per heavy atom. The number of thioether (sulfide) groups is 1. The number of hydrogen-bond acceptors (Lipinski definition) is 7. The van der Waals surface area contributed by atoms with Crippen molar-refractivity contribution in [1.29, 1.82) is 0 Å². The normalized spacial score (nSPS) is 18.6. The number of ether oxygens (including phenoxy) is 2. The summed E-state index contributed by atoms with van der Waals surface area (Å²) in [5.41, 5.74) is 1.79. The molecule has 0 N–H and O–H groups in total. The molecule has 1 aromatic heterocycles. The smallest absolute Gasteiger partial charge is 0.283 e. The topological polar surface area (TPSA) is 71.4 Å². The molecule has 1 aromatic carbocycles. The largest absolute Gasteiger partial charge is 0.495 e.